The average Bonchev–Trinajstić information content (AvgIpc) is 2.88. The van der Waals surface area contributed by atoms with Crippen molar-refractivity contribution < 1.29 is 14.0 Å². The summed E-state index contributed by atoms with van der Waals surface area (Å²) in [6, 6.07) is 23.4. The Labute approximate surface area is 218 Å². The summed E-state index contributed by atoms with van der Waals surface area (Å²) < 4.78 is 13.5. The van der Waals surface area contributed by atoms with Gasteiger partial charge >= 0.3 is 0 Å². The predicted molar refractivity (Wildman–Crippen MR) is 146 cm³/mol. The fourth-order valence-electron chi connectivity index (χ4n) is 3.99. The van der Waals surface area contributed by atoms with Gasteiger partial charge in [0.2, 0.25) is 11.8 Å². The molecular formula is C30H35FN2O2S. The van der Waals surface area contributed by atoms with Crippen molar-refractivity contribution in [2.45, 2.75) is 51.4 Å². The van der Waals surface area contributed by atoms with Gasteiger partial charge in [-0.3, -0.25) is 9.59 Å². The van der Waals surface area contributed by atoms with Crippen molar-refractivity contribution in [3.63, 3.8) is 0 Å². The number of hydrogen-bond donors (Lipinski definition) is 1. The van der Waals surface area contributed by atoms with Crippen LogP contribution in [0.25, 0.3) is 0 Å². The lowest BCUT2D eigenvalue weighted by Gasteiger charge is -2.31. The second-order valence-electron chi connectivity index (χ2n) is 8.98. The molecule has 0 aromatic heterocycles. The zero-order valence-electron chi connectivity index (χ0n) is 21.1. The number of unbranched alkanes of at least 4 members (excludes halogenated alkanes) is 1. The molecule has 0 aliphatic heterocycles. The number of carbonyl (C=O) groups excluding carboxylic acids is 2. The molecule has 1 atom stereocenters. The molecule has 1 N–H and O–H groups in total. The van der Waals surface area contributed by atoms with Gasteiger partial charge in [0.05, 0.1) is 5.75 Å². The maximum atomic E-state index is 13.6. The number of amides is 2. The second-order valence-corrected chi connectivity index (χ2v) is 9.97. The van der Waals surface area contributed by atoms with E-state index in [1.165, 1.54) is 29.5 Å². The van der Waals surface area contributed by atoms with Gasteiger partial charge in [0, 0.05) is 25.3 Å². The Morgan fingerprint density at radius 1 is 0.944 bits per heavy atom. The summed E-state index contributed by atoms with van der Waals surface area (Å²) in [5, 5.41) is 3.02. The maximum absolute atomic E-state index is 13.6. The fourth-order valence-corrected chi connectivity index (χ4v) is 4.85. The Morgan fingerprint density at radius 2 is 1.67 bits per heavy atom. The van der Waals surface area contributed by atoms with Crippen LogP contribution in [0.2, 0.25) is 0 Å². The number of nitrogens with one attached hydrogen (secondary N) is 1. The van der Waals surface area contributed by atoms with Crippen molar-refractivity contribution in [1.29, 1.82) is 0 Å². The van der Waals surface area contributed by atoms with Gasteiger partial charge in [-0.1, -0.05) is 85.6 Å². The van der Waals surface area contributed by atoms with Gasteiger partial charge in [-0.15, -0.1) is 11.8 Å². The summed E-state index contributed by atoms with van der Waals surface area (Å²) in [6.07, 6.45) is 2.26. The monoisotopic (exact) mass is 506 g/mol. The minimum Gasteiger partial charge on any atom is -0.354 e. The molecule has 3 rings (SSSR count). The van der Waals surface area contributed by atoms with Crippen LogP contribution in [0.5, 0.6) is 0 Å². The van der Waals surface area contributed by atoms with Crippen molar-refractivity contribution in [2.24, 2.45) is 0 Å². The first-order valence-corrected chi connectivity index (χ1v) is 13.6. The van der Waals surface area contributed by atoms with E-state index >= 15 is 0 Å². The third kappa shape index (κ3) is 8.83. The normalized spacial score (nSPS) is 11.6. The van der Waals surface area contributed by atoms with Crippen molar-refractivity contribution in [3.8, 4) is 0 Å². The van der Waals surface area contributed by atoms with E-state index in [1.807, 2.05) is 36.4 Å². The number of hydrogen-bond acceptors (Lipinski definition) is 3. The SMILES string of the molecule is CCCCNC(=O)[C@@H](Cc1ccccc1)N(Cc1ccc(F)cc1)C(=O)CSCc1cccc(C)c1. The summed E-state index contributed by atoms with van der Waals surface area (Å²) in [5.74, 6) is 0.366. The maximum Gasteiger partial charge on any atom is 0.243 e. The number of aryl methyl sites for hydroxylation is 1. The third-order valence-electron chi connectivity index (χ3n) is 5.94. The average molecular weight is 507 g/mol. The van der Waals surface area contributed by atoms with Crippen LogP contribution in [0.3, 0.4) is 0 Å². The summed E-state index contributed by atoms with van der Waals surface area (Å²) in [7, 11) is 0. The van der Waals surface area contributed by atoms with Crippen LogP contribution < -0.4 is 5.32 Å². The van der Waals surface area contributed by atoms with Gasteiger partial charge in [-0.05, 0) is 42.2 Å². The molecule has 36 heavy (non-hydrogen) atoms. The molecule has 0 heterocycles. The van der Waals surface area contributed by atoms with E-state index in [4.69, 9.17) is 0 Å². The fraction of sp³-hybridized carbons (Fsp3) is 0.333. The molecule has 0 saturated carbocycles. The quantitative estimate of drug-likeness (QED) is 0.293. The Balaban J connectivity index is 1.82. The van der Waals surface area contributed by atoms with E-state index in [0.29, 0.717) is 18.7 Å². The van der Waals surface area contributed by atoms with Gasteiger partial charge in [0.25, 0.3) is 0 Å². The summed E-state index contributed by atoms with van der Waals surface area (Å²) in [4.78, 5) is 28.6. The van der Waals surface area contributed by atoms with E-state index in [1.54, 1.807) is 17.0 Å². The molecule has 0 unspecified atom stereocenters. The standard InChI is InChI=1S/C30H35FN2O2S/c1-3-4-17-32-30(35)28(19-24-10-6-5-7-11-24)33(20-25-13-15-27(31)16-14-25)29(34)22-36-21-26-12-8-9-23(2)18-26/h5-16,18,28H,3-4,17,19-22H2,1-2H3,(H,32,35)/t28-/m1/s1. The number of nitrogens with zero attached hydrogens (tertiary/aromatic N) is 1. The highest BCUT2D eigenvalue weighted by molar-refractivity contribution is 7.99. The van der Waals surface area contributed by atoms with Crippen LogP contribution in [0.4, 0.5) is 4.39 Å². The molecule has 0 radical (unpaired) electrons. The van der Waals surface area contributed by atoms with Crippen molar-refractivity contribution in [1.82, 2.24) is 10.2 Å². The molecule has 0 fully saturated rings. The summed E-state index contributed by atoms with van der Waals surface area (Å²) >= 11 is 1.54. The van der Waals surface area contributed by atoms with Crippen molar-refractivity contribution in [3.05, 3.63) is 107 Å². The zero-order chi connectivity index (χ0) is 25.8. The minimum atomic E-state index is -0.665. The van der Waals surface area contributed by atoms with Gasteiger partial charge in [-0.25, -0.2) is 4.39 Å². The lowest BCUT2D eigenvalue weighted by Crippen LogP contribution is -2.51. The molecule has 0 aliphatic rings. The Hall–Kier alpha value is -3.12. The first kappa shape index (κ1) is 27.5. The molecule has 2 amide bonds. The van der Waals surface area contributed by atoms with Gasteiger partial charge in [-0.2, -0.15) is 0 Å². The third-order valence-corrected chi connectivity index (χ3v) is 6.93. The van der Waals surface area contributed by atoms with Crippen molar-refractivity contribution >= 4 is 23.6 Å². The number of benzene rings is 3. The molecule has 0 saturated heterocycles. The Morgan fingerprint density at radius 3 is 2.36 bits per heavy atom. The largest absolute Gasteiger partial charge is 0.354 e. The van der Waals surface area contributed by atoms with Crippen LogP contribution in [0, 0.1) is 12.7 Å². The molecule has 0 spiro atoms. The highest BCUT2D eigenvalue weighted by atomic mass is 32.2. The minimum absolute atomic E-state index is 0.108. The first-order valence-electron chi connectivity index (χ1n) is 12.4. The molecule has 0 aliphatic carbocycles. The van der Waals surface area contributed by atoms with Gasteiger partial charge < -0.3 is 10.2 Å². The van der Waals surface area contributed by atoms with E-state index in [0.717, 1.165) is 29.5 Å². The number of carbonyl (C=O) groups is 2. The van der Waals surface area contributed by atoms with Crippen LogP contribution in [-0.2, 0) is 28.3 Å². The van der Waals surface area contributed by atoms with E-state index in [2.05, 4.69) is 37.4 Å². The van der Waals surface area contributed by atoms with Crippen molar-refractivity contribution in [2.75, 3.05) is 12.3 Å². The molecule has 3 aromatic carbocycles. The molecule has 3 aromatic rings. The second kappa shape index (κ2) is 14.4. The summed E-state index contributed by atoms with van der Waals surface area (Å²) in [5.41, 5.74) is 4.12. The highest BCUT2D eigenvalue weighted by Crippen LogP contribution is 2.19. The van der Waals surface area contributed by atoms with Crippen LogP contribution in [0.1, 0.15) is 42.0 Å². The van der Waals surface area contributed by atoms with Gasteiger partial charge in [0.15, 0.2) is 0 Å². The molecule has 190 valence electrons. The highest BCUT2D eigenvalue weighted by Gasteiger charge is 2.30. The van der Waals surface area contributed by atoms with Crippen LogP contribution in [-0.4, -0.2) is 35.1 Å². The molecule has 6 heteroatoms. The first-order chi connectivity index (χ1) is 17.5. The Bertz CT molecular complexity index is 1110. The molecule has 0 bridgehead atoms. The Kier molecular flexibility index (Phi) is 11.0. The molecule has 4 nitrogen and oxygen atoms in total. The zero-order valence-corrected chi connectivity index (χ0v) is 21.9. The van der Waals surface area contributed by atoms with Crippen LogP contribution in [0.15, 0.2) is 78.9 Å². The number of rotatable bonds is 13. The van der Waals surface area contributed by atoms with E-state index < -0.39 is 6.04 Å². The predicted octanol–water partition coefficient (Wildman–Crippen LogP) is 5.92. The lowest BCUT2D eigenvalue weighted by atomic mass is 10.0. The molecular weight excluding hydrogens is 471 g/mol. The van der Waals surface area contributed by atoms with Gasteiger partial charge in [0.1, 0.15) is 11.9 Å². The number of halogens is 1. The van der Waals surface area contributed by atoms with E-state index in [9.17, 15) is 14.0 Å². The van der Waals surface area contributed by atoms with Crippen LogP contribution >= 0.6 is 11.8 Å². The number of thioether (sulfide) groups is 1. The lowest BCUT2D eigenvalue weighted by molar-refractivity contribution is -0.139. The topological polar surface area (TPSA) is 49.4 Å². The van der Waals surface area contributed by atoms with E-state index in [-0.39, 0.29) is 29.9 Å². The smallest absolute Gasteiger partial charge is 0.243 e. The summed E-state index contributed by atoms with van der Waals surface area (Å²) in [6.45, 7) is 4.93.